The van der Waals surface area contributed by atoms with Crippen LogP contribution in [-0.2, 0) is 0 Å². The topological polar surface area (TPSA) is 123 Å². The third-order valence-electron chi connectivity index (χ3n) is 2.30. The van der Waals surface area contributed by atoms with E-state index in [1.807, 2.05) is 40.4 Å². The van der Waals surface area contributed by atoms with Crippen LogP contribution < -0.4 is 5.73 Å². The van der Waals surface area contributed by atoms with Crippen molar-refractivity contribution in [1.29, 1.82) is 0 Å². The number of hydrogen-bond donors (Lipinski definition) is 3. The molecule has 0 saturated carbocycles. The normalized spacial score (nSPS) is 8.96. The minimum absolute atomic E-state index is 0. The van der Waals surface area contributed by atoms with Gasteiger partial charge in [0.15, 0.2) is 0 Å². The molecule has 0 aliphatic carbocycles. The van der Waals surface area contributed by atoms with E-state index < -0.39 is 4.92 Å². The summed E-state index contributed by atoms with van der Waals surface area (Å²) in [5.74, 6) is -0.0501. The lowest BCUT2D eigenvalue weighted by molar-refractivity contribution is -0.384. The molecule has 0 aromatic carbocycles. The molecular weight excluding hydrogens is 337 g/mol. The zero-order valence-corrected chi connectivity index (χ0v) is 13.4. The molecule has 3 aromatic rings. The summed E-state index contributed by atoms with van der Waals surface area (Å²) in [5, 5.41) is 30.5. The Morgan fingerprint density at radius 1 is 1.13 bits per heavy atom. The molecule has 4 N–H and O–H groups in total. The van der Waals surface area contributed by atoms with Gasteiger partial charge in [-0.3, -0.25) is 10.1 Å². The van der Waals surface area contributed by atoms with Gasteiger partial charge in [0.25, 0.3) is 0 Å². The van der Waals surface area contributed by atoms with Crippen molar-refractivity contribution in [2.24, 2.45) is 0 Å². The van der Waals surface area contributed by atoms with Crippen molar-refractivity contribution < 1.29 is 15.0 Å². The monoisotopic (exact) mass is 350 g/mol. The Morgan fingerprint density at radius 3 is 2.17 bits per heavy atom. The third-order valence-corrected chi connectivity index (χ3v) is 3.82. The summed E-state index contributed by atoms with van der Waals surface area (Å²) in [5.41, 5.74) is 5.98. The fraction of sp³-hybridized carbons (Fsp3) is 0. The van der Waals surface area contributed by atoms with E-state index in [1.165, 1.54) is 17.4 Å². The molecule has 0 amide bonds. The second kappa shape index (κ2) is 10.5. The number of aromatic nitrogens is 1. The standard InChI is InChI=1S/C9H7N3O2S.C4H4S.BH2O2/c10-9-7(12(13)14)4-3-6(11-9)8-2-1-5-15-8;1-2-4-5-3-1;2-1-3/h1-5H,(H2,10,11);1-4H;2-3H. The summed E-state index contributed by atoms with van der Waals surface area (Å²) in [6, 6.07) is 10.8. The molecule has 0 atom stereocenters. The van der Waals surface area contributed by atoms with Crippen LogP contribution in [0.15, 0.2) is 52.5 Å². The van der Waals surface area contributed by atoms with Crippen LogP contribution in [0.25, 0.3) is 10.6 Å². The van der Waals surface area contributed by atoms with Crippen molar-refractivity contribution in [3.05, 3.63) is 62.7 Å². The molecule has 119 valence electrons. The average Bonchev–Trinajstić information content (AvgIpc) is 3.24. The van der Waals surface area contributed by atoms with Crippen LogP contribution >= 0.6 is 22.7 Å². The Hall–Kier alpha value is -2.27. The quantitative estimate of drug-likeness (QED) is 0.371. The molecule has 3 aromatic heterocycles. The summed E-state index contributed by atoms with van der Waals surface area (Å²) in [7, 11) is 0. The van der Waals surface area contributed by atoms with Gasteiger partial charge in [-0.25, -0.2) is 4.98 Å². The van der Waals surface area contributed by atoms with Crippen molar-refractivity contribution in [1.82, 2.24) is 4.98 Å². The Labute approximate surface area is 141 Å². The molecule has 7 nitrogen and oxygen atoms in total. The summed E-state index contributed by atoms with van der Waals surface area (Å²) in [4.78, 5) is 14.9. The minimum atomic E-state index is -0.541. The summed E-state index contributed by atoms with van der Waals surface area (Å²) in [6.07, 6.45) is 0. The van der Waals surface area contributed by atoms with E-state index in [4.69, 9.17) is 15.8 Å². The lowest BCUT2D eigenvalue weighted by Gasteiger charge is -1.99. The van der Waals surface area contributed by atoms with Crippen molar-refractivity contribution in [2.75, 3.05) is 5.73 Å². The molecule has 10 heteroatoms. The SMILES string of the molecule is Nc1nc(-c2cccs2)ccc1[N+](=O)[O-].O[B]O.c1ccsc1. The number of nitrogens with zero attached hydrogens (tertiary/aromatic N) is 2. The molecule has 3 rings (SSSR count). The number of anilines is 1. The molecule has 0 aliphatic rings. The number of nitrogen functional groups attached to an aromatic ring is 1. The van der Waals surface area contributed by atoms with Crippen molar-refractivity contribution in [2.45, 2.75) is 0 Å². The molecule has 0 bridgehead atoms. The predicted molar refractivity (Wildman–Crippen MR) is 93.1 cm³/mol. The summed E-state index contributed by atoms with van der Waals surface area (Å²) >= 11 is 3.22. The van der Waals surface area contributed by atoms with Gasteiger partial charge in [-0.15, -0.1) is 11.3 Å². The minimum Gasteiger partial charge on any atom is -0.429 e. The highest BCUT2D eigenvalue weighted by Gasteiger charge is 2.13. The van der Waals surface area contributed by atoms with Crippen molar-refractivity contribution in [3.63, 3.8) is 0 Å². The van der Waals surface area contributed by atoms with Gasteiger partial charge in [0, 0.05) is 6.07 Å². The largest absolute Gasteiger partial charge is 0.482 e. The first-order chi connectivity index (χ1) is 11.1. The van der Waals surface area contributed by atoms with Gasteiger partial charge < -0.3 is 15.8 Å². The molecule has 0 fully saturated rings. The number of thiophene rings is 2. The molecule has 0 aliphatic heterocycles. The number of rotatable bonds is 2. The highest BCUT2D eigenvalue weighted by molar-refractivity contribution is 7.13. The van der Waals surface area contributed by atoms with Crippen molar-refractivity contribution in [3.8, 4) is 10.6 Å². The zero-order chi connectivity index (χ0) is 17.1. The molecule has 0 saturated heterocycles. The van der Waals surface area contributed by atoms with Gasteiger partial charge in [0.2, 0.25) is 5.82 Å². The first-order valence-electron chi connectivity index (χ1n) is 6.12. The van der Waals surface area contributed by atoms with Gasteiger partial charge in [-0.05, 0) is 28.3 Å². The highest BCUT2D eigenvalue weighted by Crippen LogP contribution is 2.27. The van der Waals surface area contributed by atoms with Crippen LogP contribution in [0.2, 0.25) is 0 Å². The number of pyridine rings is 1. The maximum Gasteiger partial charge on any atom is 0.482 e. The van der Waals surface area contributed by atoms with Crippen LogP contribution in [0, 0.1) is 10.1 Å². The Balaban J connectivity index is 0.000000273. The van der Waals surface area contributed by atoms with E-state index in [-0.39, 0.29) is 19.2 Å². The maximum absolute atomic E-state index is 10.5. The van der Waals surface area contributed by atoms with Crippen molar-refractivity contribution >= 4 is 41.9 Å². The van der Waals surface area contributed by atoms with Gasteiger partial charge in [0.1, 0.15) is 0 Å². The second-order valence-corrected chi connectivity index (χ2v) is 5.51. The van der Waals surface area contributed by atoms with Crippen LogP contribution in [0.4, 0.5) is 11.5 Å². The maximum atomic E-state index is 10.5. The lowest BCUT2D eigenvalue weighted by atomic mass is 10.3. The molecule has 0 spiro atoms. The summed E-state index contributed by atoms with van der Waals surface area (Å²) in [6.45, 7) is 0. The van der Waals surface area contributed by atoms with Crippen LogP contribution in [0.1, 0.15) is 0 Å². The van der Waals surface area contributed by atoms with E-state index in [0.29, 0.717) is 5.69 Å². The van der Waals surface area contributed by atoms with Gasteiger partial charge in [-0.1, -0.05) is 18.2 Å². The molecule has 0 unspecified atom stereocenters. The third kappa shape index (κ3) is 6.57. The fourth-order valence-electron chi connectivity index (χ4n) is 1.41. The molecule has 23 heavy (non-hydrogen) atoms. The zero-order valence-electron chi connectivity index (χ0n) is 11.8. The molecule has 1 radical (unpaired) electrons. The summed E-state index contributed by atoms with van der Waals surface area (Å²) < 4.78 is 0. The van der Waals surface area contributed by atoms with Crippen LogP contribution in [-0.4, -0.2) is 27.6 Å². The second-order valence-electron chi connectivity index (χ2n) is 3.74. The number of nitro groups is 1. The smallest absolute Gasteiger partial charge is 0.429 e. The van der Waals surface area contributed by atoms with E-state index in [0.717, 1.165) is 4.88 Å². The molecule has 3 heterocycles. The van der Waals surface area contributed by atoms with Gasteiger partial charge in [0.05, 0.1) is 15.5 Å². The first kappa shape index (κ1) is 18.8. The van der Waals surface area contributed by atoms with Crippen LogP contribution in [0.5, 0.6) is 0 Å². The average molecular weight is 350 g/mol. The lowest BCUT2D eigenvalue weighted by Crippen LogP contribution is -1.98. The van der Waals surface area contributed by atoms with E-state index in [9.17, 15) is 10.1 Å². The Bertz CT molecular complexity index is 676. The Kier molecular flexibility index (Phi) is 8.54. The van der Waals surface area contributed by atoms with E-state index >= 15 is 0 Å². The number of nitrogens with two attached hydrogens (primary N) is 1. The fourth-order valence-corrected chi connectivity index (χ4v) is 2.56. The number of hydrogen-bond acceptors (Lipinski definition) is 8. The van der Waals surface area contributed by atoms with E-state index in [2.05, 4.69) is 4.98 Å². The molecular formula is C13H13BN3O4S2. The van der Waals surface area contributed by atoms with Gasteiger partial charge in [-0.2, -0.15) is 11.3 Å². The first-order valence-corrected chi connectivity index (χ1v) is 7.94. The van der Waals surface area contributed by atoms with Gasteiger partial charge >= 0.3 is 13.4 Å². The Morgan fingerprint density at radius 2 is 1.78 bits per heavy atom. The predicted octanol–water partition coefficient (Wildman–Crippen LogP) is 2.55. The van der Waals surface area contributed by atoms with E-state index in [1.54, 1.807) is 17.4 Å². The van der Waals surface area contributed by atoms with Crippen LogP contribution in [0.3, 0.4) is 0 Å². The highest BCUT2D eigenvalue weighted by atomic mass is 32.1.